The number of nitrogens with zero attached hydrogens (tertiary/aromatic N) is 4. The lowest BCUT2D eigenvalue weighted by atomic mass is 9.69. The Hall–Kier alpha value is -2.98. The highest BCUT2D eigenvalue weighted by molar-refractivity contribution is 7.18. The van der Waals surface area contributed by atoms with E-state index in [0.717, 1.165) is 52.3 Å². The Morgan fingerprint density at radius 1 is 1.29 bits per heavy atom. The van der Waals surface area contributed by atoms with Crippen molar-refractivity contribution in [2.75, 3.05) is 11.4 Å². The second-order valence-corrected chi connectivity index (χ2v) is 8.55. The van der Waals surface area contributed by atoms with Gasteiger partial charge in [-0.3, -0.25) is 10.1 Å². The van der Waals surface area contributed by atoms with E-state index in [1.807, 2.05) is 30.3 Å². The summed E-state index contributed by atoms with van der Waals surface area (Å²) in [6.07, 6.45) is 3.54. The molecule has 0 bridgehead atoms. The molecule has 0 amide bonds. The molecule has 28 heavy (non-hydrogen) atoms. The van der Waals surface area contributed by atoms with Gasteiger partial charge in [-0.2, -0.15) is 5.26 Å². The number of non-ortho nitro benzene ring substituents is 1. The smallest absolute Gasteiger partial charge is 0.269 e. The number of benzene rings is 2. The van der Waals surface area contributed by atoms with Crippen molar-refractivity contribution in [3.05, 3.63) is 63.1 Å². The number of para-hydroxylation sites is 1. The highest BCUT2D eigenvalue weighted by Crippen LogP contribution is 2.48. The molecule has 6 nitrogen and oxygen atoms in total. The number of anilines is 1. The van der Waals surface area contributed by atoms with Gasteiger partial charge in [-0.1, -0.05) is 12.1 Å². The second kappa shape index (κ2) is 6.28. The molecule has 0 unspecified atom stereocenters. The van der Waals surface area contributed by atoms with Crippen LogP contribution in [0.2, 0.25) is 0 Å². The number of hydrogen-bond acceptors (Lipinski definition) is 6. The molecule has 1 fully saturated rings. The molecule has 3 aromatic rings. The maximum atomic E-state index is 11.3. The van der Waals surface area contributed by atoms with E-state index in [1.165, 1.54) is 0 Å². The molecule has 1 aromatic heterocycles. The fourth-order valence-electron chi connectivity index (χ4n) is 4.70. The van der Waals surface area contributed by atoms with E-state index in [4.69, 9.17) is 4.98 Å². The Kier molecular flexibility index (Phi) is 3.84. The fraction of sp³-hybridized carbons (Fsp3) is 0.333. The lowest BCUT2D eigenvalue weighted by Crippen LogP contribution is -2.56. The zero-order valence-electron chi connectivity index (χ0n) is 15.2. The summed E-state index contributed by atoms with van der Waals surface area (Å²) >= 11 is 1.57. The first-order chi connectivity index (χ1) is 13.6. The molecular formula is C21H18N4O2S. The van der Waals surface area contributed by atoms with Gasteiger partial charge in [0, 0.05) is 30.8 Å². The third-order valence-electron chi connectivity index (χ3n) is 6.00. The van der Waals surface area contributed by atoms with Crippen LogP contribution in [0.3, 0.4) is 0 Å². The SMILES string of the molecule is N#C[C@]1(c2nc3ccccc3s2)Cc2cc([N+](=O)[O-])ccc2N2CCCC[C@H]21. The summed E-state index contributed by atoms with van der Waals surface area (Å²) in [5, 5.41) is 22.5. The van der Waals surface area contributed by atoms with Gasteiger partial charge < -0.3 is 4.90 Å². The minimum atomic E-state index is -0.785. The maximum Gasteiger partial charge on any atom is 0.269 e. The fourth-order valence-corrected chi connectivity index (χ4v) is 5.85. The summed E-state index contributed by atoms with van der Waals surface area (Å²) in [5.74, 6) is 0. The average molecular weight is 390 g/mol. The van der Waals surface area contributed by atoms with Gasteiger partial charge in [-0.25, -0.2) is 4.98 Å². The average Bonchev–Trinajstić information content (AvgIpc) is 3.17. The third kappa shape index (κ3) is 2.41. The van der Waals surface area contributed by atoms with Crippen LogP contribution in [0.25, 0.3) is 10.2 Å². The first kappa shape index (κ1) is 17.1. The molecule has 0 N–H and O–H groups in total. The quantitative estimate of drug-likeness (QED) is 0.472. The Labute approximate surface area is 166 Å². The Balaban J connectivity index is 1.71. The largest absolute Gasteiger partial charge is 0.366 e. The zero-order chi connectivity index (χ0) is 19.3. The Morgan fingerprint density at radius 3 is 2.93 bits per heavy atom. The summed E-state index contributed by atoms with van der Waals surface area (Å²) in [6.45, 7) is 0.865. The normalized spacial score (nSPS) is 23.7. The number of thiazole rings is 1. The van der Waals surface area contributed by atoms with Crippen molar-refractivity contribution in [2.24, 2.45) is 0 Å². The van der Waals surface area contributed by atoms with E-state index in [0.29, 0.717) is 6.42 Å². The van der Waals surface area contributed by atoms with Crippen LogP contribution in [0.1, 0.15) is 29.8 Å². The lowest BCUT2D eigenvalue weighted by molar-refractivity contribution is -0.384. The van der Waals surface area contributed by atoms with Gasteiger partial charge in [0.05, 0.1) is 27.3 Å². The van der Waals surface area contributed by atoms with Gasteiger partial charge in [0.2, 0.25) is 0 Å². The Bertz CT molecular complexity index is 1100. The maximum absolute atomic E-state index is 11.3. The standard InChI is InChI=1S/C21H18N4O2S/c22-13-21(20-23-16-5-1-2-6-18(16)28-20)12-14-11-15(25(26)27)8-9-17(14)24-10-4-3-7-19(21)24/h1-2,5-6,8-9,11,19H,3-4,7,10,12H2/t19-,21+/m0/s1. The number of nitriles is 1. The highest BCUT2D eigenvalue weighted by atomic mass is 32.1. The highest BCUT2D eigenvalue weighted by Gasteiger charge is 2.51. The van der Waals surface area contributed by atoms with Crippen molar-refractivity contribution in [1.82, 2.24) is 4.98 Å². The number of nitro groups is 1. The van der Waals surface area contributed by atoms with Gasteiger partial charge >= 0.3 is 0 Å². The monoisotopic (exact) mass is 390 g/mol. The summed E-state index contributed by atoms with van der Waals surface area (Å²) < 4.78 is 1.07. The zero-order valence-corrected chi connectivity index (χ0v) is 16.0. The van der Waals surface area contributed by atoms with Crippen LogP contribution >= 0.6 is 11.3 Å². The molecule has 0 radical (unpaired) electrons. The molecule has 0 aliphatic carbocycles. The van der Waals surface area contributed by atoms with Gasteiger partial charge in [0.25, 0.3) is 5.69 Å². The first-order valence-electron chi connectivity index (χ1n) is 9.44. The van der Waals surface area contributed by atoms with Crippen molar-refractivity contribution >= 4 is 32.9 Å². The Morgan fingerprint density at radius 2 is 2.14 bits per heavy atom. The molecule has 2 atom stereocenters. The summed E-state index contributed by atoms with van der Waals surface area (Å²) in [5.41, 5.74) is 2.09. The van der Waals surface area contributed by atoms with Gasteiger partial charge in [-0.05, 0) is 43.0 Å². The van der Waals surface area contributed by atoms with Gasteiger partial charge in [0.15, 0.2) is 0 Å². The van der Waals surface area contributed by atoms with Crippen molar-refractivity contribution in [2.45, 2.75) is 37.1 Å². The van der Waals surface area contributed by atoms with Gasteiger partial charge in [0.1, 0.15) is 10.4 Å². The van der Waals surface area contributed by atoms with Gasteiger partial charge in [-0.15, -0.1) is 11.3 Å². The van der Waals surface area contributed by atoms with Crippen LogP contribution in [-0.4, -0.2) is 22.5 Å². The van der Waals surface area contributed by atoms with Crippen molar-refractivity contribution in [1.29, 1.82) is 5.26 Å². The molecule has 2 aromatic carbocycles. The predicted octanol–water partition coefficient (Wildman–Crippen LogP) is 4.58. The van der Waals surface area contributed by atoms with Crippen LogP contribution in [-0.2, 0) is 11.8 Å². The molecule has 2 aliphatic rings. The number of nitro benzene ring substituents is 1. The summed E-state index contributed by atoms with van der Waals surface area (Å²) in [4.78, 5) is 18.1. The lowest BCUT2D eigenvalue weighted by Gasteiger charge is -2.49. The minimum absolute atomic E-state index is 0.0424. The van der Waals surface area contributed by atoms with E-state index in [2.05, 4.69) is 11.0 Å². The number of rotatable bonds is 2. The first-order valence-corrected chi connectivity index (χ1v) is 10.3. The van der Waals surface area contributed by atoms with E-state index in [9.17, 15) is 15.4 Å². The third-order valence-corrected chi connectivity index (χ3v) is 7.21. The van der Waals surface area contributed by atoms with E-state index in [1.54, 1.807) is 23.5 Å². The van der Waals surface area contributed by atoms with Crippen LogP contribution in [0, 0.1) is 21.4 Å². The van der Waals surface area contributed by atoms with Crippen LogP contribution < -0.4 is 4.90 Å². The topological polar surface area (TPSA) is 83.1 Å². The molecule has 3 heterocycles. The summed E-state index contributed by atoms with van der Waals surface area (Å²) in [7, 11) is 0. The van der Waals surface area contributed by atoms with E-state index in [-0.39, 0.29) is 16.7 Å². The van der Waals surface area contributed by atoms with Crippen molar-refractivity contribution in [3.63, 3.8) is 0 Å². The number of fused-ring (bicyclic) bond motifs is 4. The molecule has 2 aliphatic heterocycles. The number of aromatic nitrogens is 1. The van der Waals surface area contributed by atoms with Crippen LogP contribution in [0.5, 0.6) is 0 Å². The predicted molar refractivity (Wildman–Crippen MR) is 109 cm³/mol. The number of piperidine rings is 1. The van der Waals surface area contributed by atoms with E-state index >= 15 is 0 Å². The number of hydrogen-bond donors (Lipinski definition) is 0. The van der Waals surface area contributed by atoms with Crippen LogP contribution in [0.15, 0.2) is 42.5 Å². The minimum Gasteiger partial charge on any atom is -0.366 e. The molecule has 1 saturated heterocycles. The molecular weight excluding hydrogens is 372 g/mol. The summed E-state index contributed by atoms with van der Waals surface area (Å²) in [6, 6.07) is 15.7. The molecule has 7 heteroatoms. The van der Waals surface area contributed by atoms with E-state index < -0.39 is 5.41 Å². The van der Waals surface area contributed by atoms with Crippen LogP contribution in [0.4, 0.5) is 11.4 Å². The molecule has 140 valence electrons. The van der Waals surface area contributed by atoms with Crippen molar-refractivity contribution in [3.8, 4) is 6.07 Å². The van der Waals surface area contributed by atoms with Crippen molar-refractivity contribution < 1.29 is 4.92 Å². The second-order valence-electron chi connectivity index (χ2n) is 7.52. The molecule has 0 saturated carbocycles. The molecule has 0 spiro atoms. The molecule has 5 rings (SSSR count).